The number of carbonyl (C=O) groups is 1. The number of carboxylic acids is 1. The lowest BCUT2D eigenvalue weighted by molar-refractivity contribution is -0.131. The van der Waals surface area contributed by atoms with Crippen molar-refractivity contribution in [2.75, 3.05) is 0 Å². The summed E-state index contributed by atoms with van der Waals surface area (Å²) >= 11 is 0. The van der Waals surface area contributed by atoms with Crippen molar-refractivity contribution in [3.8, 4) is 0 Å². The molecule has 0 amide bonds. The molecule has 0 atom stereocenters. The monoisotopic (exact) mass is 186 g/mol. The molecule has 0 aliphatic heterocycles. The summed E-state index contributed by atoms with van der Waals surface area (Å²) in [5.74, 6) is -0.844. The van der Waals surface area contributed by atoms with E-state index in [1.54, 1.807) is 6.08 Å². The predicted octanol–water partition coefficient (Wildman–Crippen LogP) is 3.62. The lowest BCUT2D eigenvalue weighted by Gasteiger charge is -1.95. The highest BCUT2D eigenvalue weighted by molar-refractivity contribution is 5.79. The molecule has 0 fully saturated rings. The van der Waals surface area contributed by atoms with Gasteiger partial charge in [-0.2, -0.15) is 0 Å². The van der Waals surface area contributed by atoms with Crippen molar-refractivity contribution < 1.29 is 9.90 Å². The van der Waals surface area contributed by atoms with Gasteiger partial charge in [0.05, 0.1) is 0 Å². The summed E-state index contributed by atoms with van der Waals surface area (Å²) in [6, 6.07) is 0. The zero-order chi connectivity index (χ0) is 9.23. The average Bonchev–Trinajstić information content (AvgIpc) is 2.02. The Kier molecular flexibility index (Phi) is 12.7. The highest BCUT2D eigenvalue weighted by Gasteiger charge is 1.87. The minimum Gasteiger partial charge on any atom is -0.478 e. The van der Waals surface area contributed by atoms with Crippen LogP contribution in [0.5, 0.6) is 0 Å². The summed E-state index contributed by atoms with van der Waals surface area (Å²) in [7, 11) is 0. The van der Waals surface area contributed by atoms with Gasteiger partial charge in [-0.1, -0.05) is 46.1 Å². The Labute approximate surface area is 81.7 Å². The molecule has 0 saturated heterocycles. The number of aliphatic carboxylic acids is 1. The van der Waals surface area contributed by atoms with E-state index < -0.39 is 5.97 Å². The van der Waals surface area contributed by atoms with Crippen LogP contribution in [0.15, 0.2) is 12.2 Å². The Balaban J connectivity index is 0. The molecule has 0 bridgehead atoms. The van der Waals surface area contributed by atoms with Gasteiger partial charge >= 0.3 is 5.97 Å². The summed E-state index contributed by atoms with van der Waals surface area (Å²) < 4.78 is 0. The topological polar surface area (TPSA) is 37.3 Å². The normalized spacial score (nSPS) is 9.92. The molecule has 0 spiro atoms. The van der Waals surface area contributed by atoms with Crippen molar-refractivity contribution in [2.24, 2.45) is 0 Å². The van der Waals surface area contributed by atoms with E-state index in [1.165, 1.54) is 31.8 Å². The molecular weight excluding hydrogens is 164 g/mol. The Bertz CT molecular complexity index is 139. The molecule has 0 rings (SSSR count). The third-order valence-corrected chi connectivity index (χ3v) is 1.73. The highest BCUT2D eigenvalue weighted by atomic mass is 16.4. The third kappa shape index (κ3) is 14.1. The number of carboxylic acid groups (broad SMARTS) is 1. The molecule has 1 N–H and O–H groups in total. The van der Waals surface area contributed by atoms with Crippen molar-refractivity contribution in [3.63, 3.8) is 0 Å². The molecule has 13 heavy (non-hydrogen) atoms. The van der Waals surface area contributed by atoms with Gasteiger partial charge in [-0.05, 0) is 12.8 Å². The molecule has 0 unspecified atom stereocenters. The Morgan fingerprint density at radius 1 is 1.23 bits per heavy atom. The van der Waals surface area contributed by atoms with Crippen molar-refractivity contribution in [1.29, 1.82) is 0 Å². The van der Waals surface area contributed by atoms with Gasteiger partial charge in [0.25, 0.3) is 0 Å². The van der Waals surface area contributed by atoms with Gasteiger partial charge in [-0.15, -0.1) is 0 Å². The minimum absolute atomic E-state index is 0. The van der Waals surface area contributed by atoms with E-state index >= 15 is 0 Å². The standard InChI is InChI=1S/C10H18O2.CH4/c1-2-3-4-5-6-7-8-9-10(11)12;/h8-9H,2-7H2,1H3,(H,11,12);1H4/b9-8-;. The summed E-state index contributed by atoms with van der Waals surface area (Å²) in [4.78, 5) is 10.0. The van der Waals surface area contributed by atoms with Crippen molar-refractivity contribution in [1.82, 2.24) is 0 Å². The van der Waals surface area contributed by atoms with Gasteiger partial charge in [0.2, 0.25) is 0 Å². The Morgan fingerprint density at radius 2 is 1.85 bits per heavy atom. The van der Waals surface area contributed by atoms with Crippen LogP contribution in [-0.2, 0) is 4.79 Å². The Hall–Kier alpha value is -0.790. The fraction of sp³-hybridized carbons (Fsp3) is 0.727. The Morgan fingerprint density at radius 3 is 2.38 bits per heavy atom. The molecule has 0 heterocycles. The first-order valence-corrected chi connectivity index (χ1v) is 4.67. The van der Waals surface area contributed by atoms with E-state index in [1.807, 2.05) is 0 Å². The number of allylic oxidation sites excluding steroid dienone is 1. The van der Waals surface area contributed by atoms with Crippen LogP contribution in [0.25, 0.3) is 0 Å². The van der Waals surface area contributed by atoms with Gasteiger partial charge in [0, 0.05) is 6.08 Å². The molecule has 0 aromatic heterocycles. The maximum atomic E-state index is 10.0. The SMILES string of the molecule is C.CCCCCCC/C=C\C(=O)O. The van der Waals surface area contributed by atoms with Crippen LogP contribution < -0.4 is 0 Å². The lowest BCUT2D eigenvalue weighted by atomic mass is 10.1. The number of rotatable bonds is 7. The molecule has 2 nitrogen and oxygen atoms in total. The smallest absolute Gasteiger partial charge is 0.327 e. The van der Waals surface area contributed by atoms with Gasteiger partial charge in [-0.25, -0.2) is 4.79 Å². The second-order valence-electron chi connectivity index (χ2n) is 2.94. The van der Waals surface area contributed by atoms with Crippen LogP contribution in [0.1, 0.15) is 52.9 Å². The van der Waals surface area contributed by atoms with Crippen LogP contribution in [-0.4, -0.2) is 11.1 Å². The lowest BCUT2D eigenvalue weighted by Crippen LogP contribution is -1.85. The van der Waals surface area contributed by atoms with Gasteiger partial charge in [-0.3, -0.25) is 0 Å². The maximum absolute atomic E-state index is 10.0. The van der Waals surface area contributed by atoms with E-state index in [0.29, 0.717) is 0 Å². The van der Waals surface area contributed by atoms with Crippen LogP contribution in [0.2, 0.25) is 0 Å². The molecular formula is C11H22O2. The molecule has 0 radical (unpaired) electrons. The average molecular weight is 186 g/mol. The largest absolute Gasteiger partial charge is 0.478 e. The summed E-state index contributed by atoms with van der Waals surface area (Å²) in [6.07, 6.45) is 10.0. The van der Waals surface area contributed by atoms with E-state index in [4.69, 9.17) is 5.11 Å². The zero-order valence-corrected chi connectivity index (χ0v) is 7.75. The zero-order valence-electron chi connectivity index (χ0n) is 7.75. The molecule has 0 saturated carbocycles. The predicted molar refractivity (Wildman–Crippen MR) is 56.9 cm³/mol. The number of hydrogen-bond donors (Lipinski definition) is 1. The minimum atomic E-state index is -0.844. The summed E-state index contributed by atoms with van der Waals surface area (Å²) in [5, 5.41) is 8.27. The second kappa shape index (κ2) is 11.2. The van der Waals surface area contributed by atoms with E-state index in [9.17, 15) is 4.79 Å². The van der Waals surface area contributed by atoms with Crippen molar-refractivity contribution >= 4 is 5.97 Å². The number of hydrogen-bond acceptors (Lipinski definition) is 1. The first kappa shape index (κ1) is 14.7. The van der Waals surface area contributed by atoms with E-state index in [0.717, 1.165) is 12.8 Å². The molecule has 2 heteroatoms. The first-order chi connectivity index (χ1) is 5.77. The molecule has 0 aliphatic rings. The summed E-state index contributed by atoms with van der Waals surface area (Å²) in [6.45, 7) is 2.18. The van der Waals surface area contributed by atoms with Crippen LogP contribution in [0.3, 0.4) is 0 Å². The van der Waals surface area contributed by atoms with Crippen molar-refractivity contribution in [3.05, 3.63) is 12.2 Å². The van der Waals surface area contributed by atoms with Crippen LogP contribution in [0, 0.1) is 0 Å². The van der Waals surface area contributed by atoms with Crippen LogP contribution in [0.4, 0.5) is 0 Å². The highest BCUT2D eigenvalue weighted by Crippen LogP contribution is 2.04. The first-order valence-electron chi connectivity index (χ1n) is 4.67. The van der Waals surface area contributed by atoms with E-state index in [2.05, 4.69) is 6.92 Å². The van der Waals surface area contributed by atoms with Crippen LogP contribution >= 0.6 is 0 Å². The van der Waals surface area contributed by atoms with E-state index in [-0.39, 0.29) is 7.43 Å². The molecule has 78 valence electrons. The van der Waals surface area contributed by atoms with Gasteiger partial charge in [0.15, 0.2) is 0 Å². The second-order valence-corrected chi connectivity index (χ2v) is 2.94. The molecule has 0 aliphatic carbocycles. The molecule has 0 aromatic rings. The maximum Gasteiger partial charge on any atom is 0.327 e. The third-order valence-electron chi connectivity index (χ3n) is 1.73. The fourth-order valence-corrected chi connectivity index (χ4v) is 1.05. The quantitative estimate of drug-likeness (QED) is 0.487. The summed E-state index contributed by atoms with van der Waals surface area (Å²) in [5.41, 5.74) is 0. The van der Waals surface area contributed by atoms with Crippen molar-refractivity contribution in [2.45, 2.75) is 52.9 Å². The fourth-order valence-electron chi connectivity index (χ4n) is 1.05. The number of unbranched alkanes of at least 4 members (excludes halogenated alkanes) is 5. The van der Waals surface area contributed by atoms with Gasteiger partial charge in [0.1, 0.15) is 0 Å². The molecule has 0 aromatic carbocycles. The van der Waals surface area contributed by atoms with Gasteiger partial charge < -0.3 is 5.11 Å².